The molecule has 1 N–H and O–H groups in total. The van der Waals surface area contributed by atoms with Gasteiger partial charge in [0.25, 0.3) is 0 Å². The standard InChI is InChI=1S/C25H32O7/c1-13-23(7)12-16-21(5)10-9-17(26)31-20(3,4)15(21)8-11-22(16,6)24(13)18(27)30-14(2)25(24,29)19(28)32-23/h9-10,14-16,29H,1,8,11-12H2,2-7H3/t14-,15-,16+,21-,22+,23-,24+,25-/m1/s1. The maximum atomic E-state index is 13.7. The van der Waals surface area contributed by atoms with Crippen LogP contribution in [0.1, 0.15) is 60.8 Å². The normalized spacial score (nSPS) is 53.3. The van der Waals surface area contributed by atoms with Gasteiger partial charge in [-0.1, -0.05) is 26.5 Å². The molecule has 3 heterocycles. The van der Waals surface area contributed by atoms with Crippen molar-refractivity contribution in [2.24, 2.45) is 28.1 Å². The van der Waals surface area contributed by atoms with Crippen molar-refractivity contribution in [2.45, 2.75) is 83.7 Å². The second-order valence-electron chi connectivity index (χ2n) is 11.7. The van der Waals surface area contributed by atoms with E-state index >= 15 is 0 Å². The minimum Gasteiger partial charge on any atom is -0.458 e. The number of esters is 3. The van der Waals surface area contributed by atoms with Gasteiger partial charge in [0.05, 0.1) is 0 Å². The van der Waals surface area contributed by atoms with Gasteiger partial charge in [-0.15, -0.1) is 0 Å². The largest absolute Gasteiger partial charge is 0.458 e. The molecule has 4 fully saturated rings. The van der Waals surface area contributed by atoms with Crippen molar-refractivity contribution in [1.82, 2.24) is 0 Å². The number of aliphatic hydroxyl groups is 1. The van der Waals surface area contributed by atoms with E-state index in [0.29, 0.717) is 24.8 Å². The van der Waals surface area contributed by atoms with Crippen LogP contribution in [0.15, 0.2) is 24.3 Å². The molecule has 0 radical (unpaired) electrons. The van der Waals surface area contributed by atoms with Crippen molar-refractivity contribution in [3.05, 3.63) is 24.3 Å². The molecule has 2 aliphatic carbocycles. The highest BCUT2D eigenvalue weighted by Crippen LogP contribution is 2.77. The first kappa shape index (κ1) is 21.7. The second-order valence-corrected chi connectivity index (χ2v) is 11.7. The Morgan fingerprint density at radius 3 is 2.34 bits per heavy atom. The number of hydrogen-bond acceptors (Lipinski definition) is 7. The van der Waals surface area contributed by atoms with E-state index in [1.54, 1.807) is 6.92 Å². The Balaban J connectivity index is 1.81. The van der Waals surface area contributed by atoms with Crippen LogP contribution in [0.3, 0.4) is 0 Å². The number of allylic oxidation sites excluding steroid dienone is 1. The van der Waals surface area contributed by atoms with Gasteiger partial charge in [0.1, 0.15) is 22.7 Å². The quantitative estimate of drug-likeness (QED) is 0.348. The molecular formula is C25H32O7. The molecule has 0 unspecified atom stereocenters. The fourth-order valence-electron chi connectivity index (χ4n) is 8.47. The Morgan fingerprint density at radius 1 is 1.03 bits per heavy atom. The molecule has 2 bridgehead atoms. The molecule has 32 heavy (non-hydrogen) atoms. The van der Waals surface area contributed by atoms with E-state index in [0.717, 1.165) is 0 Å². The highest BCUT2D eigenvalue weighted by atomic mass is 16.6. The van der Waals surface area contributed by atoms with Crippen molar-refractivity contribution >= 4 is 17.9 Å². The Kier molecular flexibility index (Phi) is 3.84. The van der Waals surface area contributed by atoms with E-state index in [4.69, 9.17) is 14.2 Å². The lowest BCUT2D eigenvalue weighted by Crippen LogP contribution is -2.78. The van der Waals surface area contributed by atoms with E-state index < -0.39 is 57.1 Å². The Labute approximate surface area is 188 Å². The van der Waals surface area contributed by atoms with Crippen LogP contribution in [0.5, 0.6) is 0 Å². The Bertz CT molecular complexity index is 1010. The molecule has 2 saturated carbocycles. The molecule has 2 saturated heterocycles. The maximum absolute atomic E-state index is 13.7. The molecule has 0 aromatic heterocycles. The molecule has 0 aromatic carbocycles. The fraction of sp³-hybridized carbons (Fsp3) is 0.720. The van der Waals surface area contributed by atoms with Gasteiger partial charge in [-0.05, 0) is 69.3 Å². The summed E-state index contributed by atoms with van der Waals surface area (Å²) in [5.74, 6) is -2.08. The van der Waals surface area contributed by atoms with Crippen LogP contribution < -0.4 is 0 Å². The van der Waals surface area contributed by atoms with E-state index in [1.807, 2.05) is 26.8 Å². The summed E-state index contributed by atoms with van der Waals surface area (Å²) < 4.78 is 17.2. The predicted molar refractivity (Wildman–Crippen MR) is 113 cm³/mol. The molecular weight excluding hydrogens is 412 g/mol. The number of fused-ring (bicyclic) bond motifs is 4. The van der Waals surface area contributed by atoms with Crippen molar-refractivity contribution in [2.75, 3.05) is 0 Å². The van der Waals surface area contributed by atoms with E-state index in [1.165, 1.54) is 13.0 Å². The van der Waals surface area contributed by atoms with Crippen LogP contribution >= 0.6 is 0 Å². The summed E-state index contributed by atoms with van der Waals surface area (Å²) in [6.45, 7) is 15.5. The van der Waals surface area contributed by atoms with Crippen LogP contribution in [-0.2, 0) is 28.6 Å². The zero-order valence-electron chi connectivity index (χ0n) is 19.6. The third-order valence-corrected chi connectivity index (χ3v) is 9.93. The Hall–Kier alpha value is -2.15. The molecule has 1 spiro atoms. The van der Waals surface area contributed by atoms with Crippen LogP contribution in [0.25, 0.3) is 0 Å². The second kappa shape index (κ2) is 5.66. The molecule has 7 heteroatoms. The van der Waals surface area contributed by atoms with Crippen molar-refractivity contribution in [1.29, 1.82) is 0 Å². The van der Waals surface area contributed by atoms with Crippen LogP contribution in [0.2, 0.25) is 0 Å². The average Bonchev–Trinajstić information content (AvgIpc) is 2.82. The molecule has 3 aliphatic heterocycles. The summed E-state index contributed by atoms with van der Waals surface area (Å²) in [7, 11) is 0. The number of ether oxygens (including phenoxy) is 3. The van der Waals surface area contributed by atoms with Gasteiger partial charge < -0.3 is 19.3 Å². The minimum absolute atomic E-state index is 0.0264. The van der Waals surface area contributed by atoms with Crippen molar-refractivity contribution in [3.8, 4) is 0 Å². The summed E-state index contributed by atoms with van der Waals surface area (Å²) in [5, 5.41) is 11.9. The highest BCUT2D eigenvalue weighted by molar-refractivity contribution is 6.00. The van der Waals surface area contributed by atoms with Gasteiger partial charge in [0.2, 0.25) is 5.60 Å². The number of cyclic esters (lactones) is 2. The van der Waals surface area contributed by atoms with Crippen LogP contribution in [0.4, 0.5) is 0 Å². The number of hydrogen-bond donors (Lipinski definition) is 1. The van der Waals surface area contributed by atoms with Crippen LogP contribution in [-0.4, -0.2) is 45.9 Å². The summed E-state index contributed by atoms with van der Waals surface area (Å²) >= 11 is 0. The number of rotatable bonds is 0. The summed E-state index contributed by atoms with van der Waals surface area (Å²) in [5.41, 5.74) is -6.66. The molecule has 5 aliphatic rings. The van der Waals surface area contributed by atoms with Crippen molar-refractivity contribution in [3.63, 3.8) is 0 Å². The lowest BCUT2D eigenvalue weighted by atomic mass is 9.34. The molecule has 174 valence electrons. The fourth-order valence-corrected chi connectivity index (χ4v) is 8.47. The summed E-state index contributed by atoms with van der Waals surface area (Å²) in [6.07, 6.45) is 3.93. The van der Waals surface area contributed by atoms with Gasteiger partial charge in [-0.3, -0.25) is 4.79 Å². The van der Waals surface area contributed by atoms with Gasteiger partial charge in [0, 0.05) is 12.0 Å². The smallest absolute Gasteiger partial charge is 0.344 e. The lowest BCUT2D eigenvalue weighted by molar-refractivity contribution is -0.265. The zero-order chi connectivity index (χ0) is 23.7. The topological polar surface area (TPSA) is 99.1 Å². The average molecular weight is 445 g/mol. The van der Waals surface area contributed by atoms with Gasteiger partial charge in [-0.2, -0.15) is 0 Å². The van der Waals surface area contributed by atoms with Crippen molar-refractivity contribution < 1.29 is 33.7 Å². The lowest BCUT2D eigenvalue weighted by Gasteiger charge is -2.70. The van der Waals surface area contributed by atoms with Gasteiger partial charge in [0.15, 0.2) is 0 Å². The van der Waals surface area contributed by atoms with Gasteiger partial charge in [-0.25, -0.2) is 9.59 Å². The van der Waals surface area contributed by atoms with Crippen LogP contribution in [0, 0.1) is 28.1 Å². The highest BCUT2D eigenvalue weighted by Gasteiger charge is 2.86. The monoisotopic (exact) mass is 444 g/mol. The summed E-state index contributed by atoms with van der Waals surface area (Å²) in [6, 6.07) is 0. The molecule has 0 aromatic rings. The first-order chi connectivity index (χ1) is 14.6. The third kappa shape index (κ3) is 1.97. The third-order valence-electron chi connectivity index (χ3n) is 9.93. The molecule has 7 nitrogen and oxygen atoms in total. The Morgan fingerprint density at radius 2 is 1.69 bits per heavy atom. The van der Waals surface area contributed by atoms with E-state index in [2.05, 4.69) is 13.5 Å². The van der Waals surface area contributed by atoms with E-state index in [-0.39, 0.29) is 11.8 Å². The molecule has 0 amide bonds. The first-order valence-electron chi connectivity index (χ1n) is 11.4. The zero-order valence-corrected chi connectivity index (χ0v) is 19.6. The molecule has 8 atom stereocenters. The maximum Gasteiger partial charge on any atom is 0.344 e. The van der Waals surface area contributed by atoms with Gasteiger partial charge >= 0.3 is 17.9 Å². The number of carbonyl (C=O) groups is 3. The van der Waals surface area contributed by atoms with E-state index in [9.17, 15) is 19.5 Å². The number of carbonyl (C=O) groups excluding carboxylic acids is 3. The SMILES string of the molecule is C=C1[C@@]23C(=O)O[C@H](C)[C@@]2(O)C(=O)O[C@]1(C)C[C@H]1[C@]2(C)C=CC(=O)OC(C)(C)[C@H]2CC[C@@]13C. The minimum atomic E-state index is -2.16. The molecule has 5 rings (SSSR count). The predicted octanol–water partition coefficient (Wildman–Crippen LogP) is 2.86. The first-order valence-corrected chi connectivity index (χ1v) is 11.4. The summed E-state index contributed by atoms with van der Waals surface area (Å²) in [4.78, 5) is 39.3.